The van der Waals surface area contributed by atoms with E-state index in [2.05, 4.69) is 10.9 Å². The van der Waals surface area contributed by atoms with Crippen molar-refractivity contribution in [2.24, 2.45) is 0 Å². The normalized spacial score (nSPS) is 10.3. The van der Waals surface area contributed by atoms with E-state index in [4.69, 9.17) is 23.2 Å². The van der Waals surface area contributed by atoms with Gasteiger partial charge >= 0.3 is 0 Å². The van der Waals surface area contributed by atoms with Gasteiger partial charge in [0.05, 0.1) is 15.5 Å². The predicted octanol–water partition coefficient (Wildman–Crippen LogP) is 4.80. The molecule has 0 aliphatic carbocycles. The first-order valence-electron chi connectivity index (χ1n) is 7.25. The van der Waals surface area contributed by atoms with Crippen LogP contribution >= 0.6 is 34.5 Å². The van der Waals surface area contributed by atoms with Crippen LogP contribution in [0.15, 0.2) is 60.7 Å². The van der Waals surface area contributed by atoms with E-state index in [-0.39, 0.29) is 5.56 Å². The number of carbonyl (C=O) groups excluding carboxylic acids is 2. The lowest BCUT2D eigenvalue weighted by Crippen LogP contribution is -2.41. The maximum absolute atomic E-state index is 12.2. The molecular formula is C18H12Cl2N2O2S. The first kappa shape index (κ1) is 17.5. The number of nitrogens with one attached hydrogen (secondary N) is 2. The van der Waals surface area contributed by atoms with Gasteiger partial charge in [0, 0.05) is 9.90 Å². The third kappa shape index (κ3) is 4.20. The largest absolute Gasteiger partial charge is 0.279 e. The Kier molecular flexibility index (Phi) is 5.38. The Labute approximate surface area is 158 Å². The van der Waals surface area contributed by atoms with E-state index >= 15 is 0 Å². The lowest BCUT2D eigenvalue weighted by atomic mass is 10.2. The second-order valence-electron chi connectivity index (χ2n) is 5.06. The van der Waals surface area contributed by atoms with Crippen LogP contribution in [0.1, 0.15) is 20.0 Å². The highest BCUT2D eigenvalue weighted by Gasteiger charge is 2.13. The number of hydrazine groups is 1. The van der Waals surface area contributed by atoms with Gasteiger partial charge in [-0.3, -0.25) is 20.4 Å². The highest BCUT2D eigenvalue weighted by atomic mass is 35.5. The van der Waals surface area contributed by atoms with E-state index in [0.717, 1.165) is 10.4 Å². The van der Waals surface area contributed by atoms with E-state index in [1.54, 1.807) is 42.5 Å². The highest BCUT2D eigenvalue weighted by molar-refractivity contribution is 7.17. The molecule has 0 atom stereocenters. The lowest BCUT2D eigenvalue weighted by Gasteiger charge is -2.07. The highest BCUT2D eigenvalue weighted by Crippen LogP contribution is 2.28. The zero-order valence-corrected chi connectivity index (χ0v) is 15.1. The van der Waals surface area contributed by atoms with Crippen LogP contribution in [-0.2, 0) is 0 Å². The number of benzene rings is 2. The fourth-order valence-corrected chi connectivity index (χ4v) is 3.37. The molecule has 0 bridgehead atoms. The molecule has 3 rings (SSSR count). The molecule has 7 heteroatoms. The van der Waals surface area contributed by atoms with E-state index < -0.39 is 11.8 Å². The molecule has 2 aromatic carbocycles. The van der Waals surface area contributed by atoms with Gasteiger partial charge in [-0.1, -0.05) is 47.5 Å². The monoisotopic (exact) mass is 390 g/mol. The second kappa shape index (κ2) is 7.70. The van der Waals surface area contributed by atoms with Gasteiger partial charge in [-0.25, -0.2) is 0 Å². The van der Waals surface area contributed by atoms with Gasteiger partial charge in [0.1, 0.15) is 0 Å². The Balaban J connectivity index is 1.65. The van der Waals surface area contributed by atoms with Crippen LogP contribution in [0.4, 0.5) is 0 Å². The van der Waals surface area contributed by atoms with Crippen molar-refractivity contribution in [3.8, 4) is 10.4 Å². The Hall–Kier alpha value is -2.34. The Bertz CT molecular complexity index is 923. The van der Waals surface area contributed by atoms with Crippen LogP contribution in [0, 0.1) is 0 Å². The van der Waals surface area contributed by atoms with Crippen molar-refractivity contribution in [1.29, 1.82) is 0 Å². The zero-order valence-electron chi connectivity index (χ0n) is 12.8. The molecule has 0 saturated carbocycles. The summed E-state index contributed by atoms with van der Waals surface area (Å²) in [6.07, 6.45) is 0. The van der Waals surface area contributed by atoms with E-state index in [9.17, 15) is 9.59 Å². The number of thiophene rings is 1. The molecule has 1 aromatic heterocycles. The third-order valence-electron chi connectivity index (χ3n) is 3.37. The first-order chi connectivity index (χ1) is 12.0. The van der Waals surface area contributed by atoms with Crippen molar-refractivity contribution in [3.63, 3.8) is 0 Å². The number of rotatable bonds is 3. The van der Waals surface area contributed by atoms with Gasteiger partial charge in [0.25, 0.3) is 11.8 Å². The summed E-state index contributed by atoms with van der Waals surface area (Å²) in [4.78, 5) is 25.6. The minimum absolute atomic E-state index is 0.289. The van der Waals surface area contributed by atoms with Crippen molar-refractivity contribution < 1.29 is 9.59 Å². The van der Waals surface area contributed by atoms with E-state index in [1.165, 1.54) is 11.3 Å². The number of hydrogen-bond donors (Lipinski definition) is 2. The molecule has 2 N–H and O–H groups in total. The molecule has 2 amide bonds. The Morgan fingerprint density at radius 1 is 0.800 bits per heavy atom. The maximum atomic E-state index is 12.2. The fraction of sp³-hybridized carbons (Fsp3) is 0. The minimum Gasteiger partial charge on any atom is -0.267 e. The van der Waals surface area contributed by atoms with E-state index in [0.29, 0.717) is 14.9 Å². The van der Waals surface area contributed by atoms with Crippen LogP contribution in [-0.4, -0.2) is 11.8 Å². The lowest BCUT2D eigenvalue weighted by molar-refractivity contribution is 0.0849. The molecular weight excluding hydrogens is 379 g/mol. The van der Waals surface area contributed by atoms with Gasteiger partial charge in [0.15, 0.2) is 0 Å². The summed E-state index contributed by atoms with van der Waals surface area (Å²) in [6.45, 7) is 0. The summed E-state index contributed by atoms with van der Waals surface area (Å²) in [5.74, 6) is -0.876. The molecule has 4 nitrogen and oxygen atoms in total. The van der Waals surface area contributed by atoms with Crippen LogP contribution < -0.4 is 10.9 Å². The van der Waals surface area contributed by atoms with Crippen LogP contribution in [0.5, 0.6) is 0 Å². The molecule has 0 spiro atoms. The average Bonchev–Trinajstić information content (AvgIpc) is 3.10. The zero-order chi connectivity index (χ0) is 17.8. The number of amides is 2. The summed E-state index contributed by atoms with van der Waals surface area (Å²) in [6, 6.07) is 17.5. The number of carbonyl (C=O) groups is 2. The molecule has 0 saturated heterocycles. The van der Waals surface area contributed by atoms with Gasteiger partial charge in [-0.2, -0.15) is 0 Å². The van der Waals surface area contributed by atoms with Gasteiger partial charge in [-0.05, 0) is 42.0 Å². The van der Waals surface area contributed by atoms with Crippen molar-refractivity contribution in [2.45, 2.75) is 0 Å². The van der Waals surface area contributed by atoms with Crippen molar-refractivity contribution in [2.75, 3.05) is 0 Å². The molecule has 25 heavy (non-hydrogen) atoms. The SMILES string of the molecule is O=C(NNC(=O)c1ccccc1Cl)c1ccc(-c2ccc(Cl)cc2)s1. The molecule has 0 fully saturated rings. The van der Waals surface area contributed by atoms with Crippen molar-refractivity contribution >= 4 is 46.4 Å². The van der Waals surface area contributed by atoms with Crippen LogP contribution in [0.2, 0.25) is 10.0 Å². The first-order valence-corrected chi connectivity index (χ1v) is 8.83. The smallest absolute Gasteiger partial charge is 0.267 e. The summed E-state index contributed by atoms with van der Waals surface area (Å²) < 4.78 is 0. The number of halogens is 2. The van der Waals surface area contributed by atoms with Crippen LogP contribution in [0.3, 0.4) is 0 Å². The molecule has 0 aliphatic heterocycles. The van der Waals surface area contributed by atoms with Gasteiger partial charge in [-0.15, -0.1) is 11.3 Å². The summed E-state index contributed by atoms with van der Waals surface area (Å²) >= 11 is 13.1. The third-order valence-corrected chi connectivity index (χ3v) is 5.08. The molecule has 3 aromatic rings. The predicted molar refractivity (Wildman–Crippen MR) is 101 cm³/mol. The topological polar surface area (TPSA) is 58.2 Å². The molecule has 0 aliphatic rings. The van der Waals surface area contributed by atoms with Crippen LogP contribution in [0.25, 0.3) is 10.4 Å². The molecule has 0 unspecified atom stereocenters. The van der Waals surface area contributed by atoms with Crippen molar-refractivity contribution in [3.05, 3.63) is 81.1 Å². The molecule has 1 heterocycles. The standard InChI is InChI=1S/C18H12Cl2N2O2S/c19-12-7-5-11(6-8-12)15-9-10-16(25-15)18(24)22-21-17(23)13-3-1-2-4-14(13)20/h1-10H,(H,21,23)(H,22,24). The molecule has 0 radical (unpaired) electrons. The van der Waals surface area contributed by atoms with Gasteiger partial charge in [0.2, 0.25) is 0 Å². The Morgan fingerprint density at radius 3 is 2.20 bits per heavy atom. The fourth-order valence-electron chi connectivity index (χ4n) is 2.12. The Morgan fingerprint density at radius 2 is 1.48 bits per heavy atom. The summed E-state index contributed by atoms with van der Waals surface area (Å²) in [7, 11) is 0. The second-order valence-corrected chi connectivity index (χ2v) is 6.99. The summed E-state index contributed by atoms with van der Waals surface area (Å²) in [5, 5.41) is 0.968. The van der Waals surface area contributed by atoms with Crippen molar-refractivity contribution in [1.82, 2.24) is 10.9 Å². The van der Waals surface area contributed by atoms with Gasteiger partial charge < -0.3 is 0 Å². The maximum Gasteiger partial charge on any atom is 0.279 e. The summed E-state index contributed by atoms with van der Waals surface area (Å²) in [5.41, 5.74) is 6.01. The average molecular weight is 391 g/mol. The minimum atomic E-state index is -0.478. The van der Waals surface area contributed by atoms with E-state index in [1.807, 2.05) is 18.2 Å². The quantitative estimate of drug-likeness (QED) is 0.631. The number of hydrogen-bond acceptors (Lipinski definition) is 3. The molecule has 126 valence electrons.